The fourth-order valence-electron chi connectivity index (χ4n) is 17.8. The van der Waals surface area contributed by atoms with Crippen molar-refractivity contribution in [2.75, 3.05) is 0 Å². The van der Waals surface area contributed by atoms with Gasteiger partial charge >= 0.3 is 0 Å². The lowest BCUT2D eigenvalue weighted by Gasteiger charge is -2.18. The highest BCUT2D eigenvalue weighted by Gasteiger charge is 2.29. The number of pyridine rings is 3. The van der Waals surface area contributed by atoms with Crippen LogP contribution in [0.3, 0.4) is 0 Å². The molecule has 0 bridgehead atoms. The second kappa shape index (κ2) is 41.5. The Morgan fingerprint density at radius 1 is 0.115 bits per heavy atom. The van der Waals surface area contributed by atoms with E-state index < -0.39 is 0 Å². The molecule has 30 rings (SSSR count). The van der Waals surface area contributed by atoms with Crippen molar-refractivity contribution in [2.24, 2.45) is 0 Å². The van der Waals surface area contributed by atoms with Crippen molar-refractivity contribution in [1.82, 2.24) is 64.8 Å². The minimum atomic E-state index is 0.927. The van der Waals surface area contributed by atoms with Crippen LogP contribution >= 0.6 is 118 Å². The van der Waals surface area contributed by atoms with Gasteiger partial charge in [0.15, 0.2) is 0 Å². The molecule has 23 heteroatoms. The van der Waals surface area contributed by atoms with Crippen LogP contribution in [0.1, 0.15) is 0 Å². The minimum Gasteiger partial charge on any atom is -0.265 e. The van der Waals surface area contributed by atoms with Gasteiger partial charge in [0.1, 0.15) is 50.3 Å². The van der Waals surface area contributed by atoms with Crippen LogP contribution in [0.25, 0.3) is 167 Å². The van der Waals surface area contributed by atoms with Crippen LogP contribution in [0, 0.1) is 0 Å². The van der Waals surface area contributed by atoms with E-state index in [0.717, 1.165) is 150 Å². The Hall–Kier alpha value is -15.4. The summed E-state index contributed by atoms with van der Waals surface area (Å²) >= 11 is 17.0. The molecule has 0 spiro atoms. The van der Waals surface area contributed by atoms with Gasteiger partial charge in [-0.1, -0.05) is 391 Å². The molecule has 8 aromatic heterocycles. The molecule has 0 radical (unpaired) electrons. The molecule has 0 aliphatic carbocycles. The SMILES string of the molecule is c1cc(-c2ccncc2)nc(-c2ccc3c(c2)Sc2nc4ccccc4nc2S3)c1.c1ccc(-c2ccc(-c3ccc4c(c3)Sc3nc5ccccc5nc3S4)cc2)cc1.c1ccc(-c2cccc(-c3ccc4c(c3)Sc3nc5ccccc5nc3S4)c2)cc1.c1ccc(-c2cccc(-c3ccc4c(c3)Sc3nc5ccccc5nc3S4)n2)cc1.c1ccc2cc(-c3ccc4c(c3)Sc3nc5ccccc5nc3S4)ccc2c1. The zero-order chi connectivity index (χ0) is 98.2. The molecule has 148 heavy (non-hydrogen) atoms. The standard InChI is InChI=1S/2C26H16N2S2.C25H15N3S2.C24H14N4S2.C24H14N2S2/c1-2-7-17(8-3-1)18-9-6-10-19(15-18)20-13-14-23-24(16-20)30-26-25(29-23)27-21-11-4-5-12-22(21)28-26;1-2-6-17(7-3-1)18-10-12-19(13-11-18)20-14-15-23-24(16-20)30-26-25(29-23)27-21-8-4-5-9-22(21)28-26;1-2-7-16(8-3-1)18-11-6-12-19(26-18)17-13-14-22-23(15-17)30-25-24(29-22)27-20-9-4-5-10-21(20)28-25;1-2-5-20-19(4-1)27-23-24(28-20)30-22-14-16(8-9-21(22)29-23)18-7-3-6-17(26-18)15-10-12-25-13-11-15;1-2-6-16-13-17(10-9-15(16)5-1)18-11-12-21-22(14-18)28-24-23(27-21)25-19-7-3-4-8-20(19)26-24/h2*1-16H;1-15H;1-14H;1-14H. The topological polar surface area (TPSA) is 168 Å². The first-order valence-corrected chi connectivity index (χ1v) is 55.9. The third-order valence-electron chi connectivity index (χ3n) is 25.2. The molecular weight excluding hydrogens is 2000 g/mol. The number of para-hydroxylation sites is 10. The Balaban J connectivity index is 0.0000000936. The number of aromatic nitrogens is 13. The van der Waals surface area contributed by atoms with E-state index in [4.69, 9.17) is 59.8 Å². The fourth-order valence-corrected chi connectivity index (χ4v) is 28.4. The van der Waals surface area contributed by atoms with Gasteiger partial charge in [-0.15, -0.1) is 0 Å². The summed E-state index contributed by atoms with van der Waals surface area (Å²) in [7, 11) is 0. The van der Waals surface area contributed by atoms with Crippen molar-refractivity contribution >= 4 is 184 Å². The van der Waals surface area contributed by atoms with Crippen LogP contribution in [-0.2, 0) is 0 Å². The molecule has 0 atom stereocenters. The van der Waals surface area contributed by atoms with E-state index in [1.54, 1.807) is 130 Å². The van der Waals surface area contributed by atoms with Crippen molar-refractivity contribution in [3.05, 3.63) is 455 Å². The quantitative estimate of drug-likeness (QED) is 0.134. The summed E-state index contributed by atoms with van der Waals surface area (Å²) in [4.78, 5) is 74.3. The maximum atomic E-state index is 4.90. The molecule has 5 aliphatic rings. The van der Waals surface area contributed by atoms with Crippen LogP contribution in [0.4, 0.5) is 0 Å². The van der Waals surface area contributed by atoms with E-state index in [9.17, 15) is 0 Å². The summed E-state index contributed by atoms with van der Waals surface area (Å²) < 4.78 is 0. The molecule has 25 aromatic rings. The molecule has 0 saturated carbocycles. The number of hydrogen-bond acceptors (Lipinski definition) is 23. The first kappa shape index (κ1) is 92.5. The zero-order valence-electron chi connectivity index (χ0n) is 78.2. The number of benzene rings is 17. The molecule has 5 aliphatic heterocycles. The molecule has 0 amide bonds. The minimum absolute atomic E-state index is 0.927. The van der Waals surface area contributed by atoms with Crippen LogP contribution < -0.4 is 0 Å². The molecule has 700 valence electrons. The van der Waals surface area contributed by atoms with Crippen LogP contribution in [0.15, 0.2) is 554 Å². The van der Waals surface area contributed by atoms with Gasteiger partial charge < -0.3 is 0 Å². The molecule has 0 N–H and O–H groups in total. The Morgan fingerprint density at radius 2 is 0.318 bits per heavy atom. The van der Waals surface area contributed by atoms with Gasteiger partial charge in [-0.25, -0.2) is 59.8 Å². The molecule has 0 fully saturated rings. The van der Waals surface area contributed by atoms with E-state index in [-0.39, 0.29) is 0 Å². The highest BCUT2D eigenvalue weighted by molar-refractivity contribution is 8.06. The maximum absolute atomic E-state index is 4.90. The Labute approximate surface area is 895 Å². The second-order valence-electron chi connectivity index (χ2n) is 34.8. The normalized spacial score (nSPS) is 12.5. The van der Waals surface area contributed by atoms with Gasteiger partial charge in [0.2, 0.25) is 0 Å². The largest absolute Gasteiger partial charge is 0.265 e. The Kier molecular flexibility index (Phi) is 25.9. The zero-order valence-corrected chi connectivity index (χ0v) is 86.4. The average molecular weight is 2080 g/mol. The molecule has 13 nitrogen and oxygen atoms in total. The third kappa shape index (κ3) is 19.8. The highest BCUT2D eigenvalue weighted by Crippen LogP contribution is 2.55. The number of hydrogen-bond donors (Lipinski definition) is 0. The van der Waals surface area contributed by atoms with E-state index in [2.05, 4.69) is 272 Å². The van der Waals surface area contributed by atoms with Crippen molar-refractivity contribution in [3.63, 3.8) is 0 Å². The van der Waals surface area contributed by atoms with E-state index >= 15 is 0 Å². The molecule has 13 heterocycles. The number of nitrogens with zero attached hydrogens (tertiary/aromatic N) is 13. The van der Waals surface area contributed by atoms with Crippen molar-refractivity contribution in [1.29, 1.82) is 0 Å². The van der Waals surface area contributed by atoms with Crippen molar-refractivity contribution in [2.45, 2.75) is 99.2 Å². The number of fused-ring (bicyclic) bond motifs is 16. The Morgan fingerprint density at radius 3 is 0.655 bits per heavy atom. The van der Waals surface area contributed by atoms with Gasteiger partial charge in [-0.2, -0.15) is 0 Å². The Bertz CT molecular complexity index is 8960. The van der Waals surface area contributed by atoms with E-state index in [1.165, 1.54) is 115 Å². The van der Waals surface area contributed by atoms with Crippen LogP contribution in [0.2, 0.25) is 0 Å². The van der Waals surface area contributed by atoms with Gasteiger partial charge in [0.25, 0.3) is 0 Å². The maximum Gasteiger partial charge on any atom is 0.134 e. The summed E-state index contributed by atoms with van der Waals surface area (Å²) in [6.07, 6.45) is 3.58. The lowest BCUT2D eigenvalue weighted by Crippen LogP contribution is -1.97. The van der Waals surface area contributed by atoms with Gasteiger partial charge in [0.05, 0.1) is 77.9 Å². The lowest BCUT2D eigenvalue weighted by atomic mass is 9.99. The number of rotatable bonds is 9. The second-order valence-corrected chi connectivity index (χ2v) is 45.1. The fraction of sp³-hybridized carbons (Fsp3) is 0. The smallest absolute Gasteiger partial charge is 0.134 e. The molecular formula is C125H75N13S10. The van der Waals surface area contributed by atoms with Gasteiger partial charge in [-0.3, -0.25) is 4.98 Å². The van der Waals surface area contributed by atoms with Crippen molar-refractivity contribution < 1.29 is 0 Å². The monoisotopic (exact) mass is 2080 g/mol. The van der Waals surface area contributed by atoms with E-state index in [0.29, 0.717) is 0 Å². The predicted molar refractivity (Wildman–Crippen MR) is 611 cm³/mol. The van der Waals surface area contributed by atoms with Crippen LogP contribution in [0.5, 0.6) is 0 Å². The summed E-state index contributed by atoms with van der Waals surface area (Å²) in [5.41, 5.74) is 29.9. The summed E-state index contributed by atoms with van der Waals surface area (Å²) in [6, 6.07) is 153. The first-order chi connectivity index (χ1) is 73.2. The van der Waals surface area contributed by atoms with Crippen LogP contribution in [-0.4, -0.2) is 64.8 Å². The lowest BCUT2D eigenvalue weighted by molar-refractivity contribution is 0.953. The summed E-state index contributed by atoms with van der Waals surface area (Å²) in [6.45, 7) is 0. The predicted octanol–water partition coefficient (Wildman–Crippen LogP) is 35.6. The third-order valence-corrected chi connectivity index (χ3v) is 36.9. The molecule has 17 aromatic carbocycles. The van der Waals surface area contributed by atoms with Crippen molar-refractivity contribution in [3.8, 4) is 101 Å². The summed E-state index contributed by atoms with van der Waals surface area (Å²) in [5, 5.41) is 12.4. The summed E-state index contributed by atoms with van der Waals surface area (Å²) in [5.74, 6) is 0. The van der Waals surface area contributed by atoms with Gasteiger partial charge in [-0.05, 0) is 236 Å². The highest BCUT2D eigenvalue weighted by atomic mass is 32.2. The first-order valence-electron chi connectivity index (χ1n) is 47.7. The molecule has 0 saturated heterocycles. The van der Waals surface area contributed by atoms with Gasteiger partial charge in [0, 0.05) is 83.6 Å². The average Bonchev–Trinajstić information content (AvgIpc) is 0.781. The molecule has 0 unspecified atom stereocenters. The van der Waals surface area contributed by atoms with E-state index in [1.807, 2.05) is 176 Å².